The van der Waals surface area contributed by atoms with Crippen molar-refractivity contribution in [3.05, 3.63) is 89.4 Å². The van der Waals surface area contributed by atoms with E-state index in [1.54, 1.807) is 48.5 Å². The van der Waals surface area contributed by atoms with Crippen molar-refractivity contribution in [3.8, 4) is 11.5 Å². The zero-order valence-electron chi connectivity index (χ0n) is 16.1. The monoisotopic (exact) mass is 405 g/mol. The second-order valence-corrected chi connectivity index (χ2v) is 6.83. The van der Waals surface area contributed by atoms with Crippen molar-refractivity contribution in [1.82, 2.24) is 4.90 Å². The SMILES string of the molecule is COc1ccc(C(O)=C2C(=O)C(=O)N(Cc3ccco3)[C@@H]2c2ccc(O)cc2)cc1. The lowest BCUT2D eigenvalue weighted by Gasteiger charge is -2.24. The molecule has 4 rings (SSSR count). The van der Waals surface area contributed by atoms with Crippen molar-refractivity contribution < 1.29 is 29.0 Å². The van der Waals surface area contributed by atoms with Gasteiger partial charge in [-0.1, -0.05) is 12.1 Å². The molecule has 1 fully saturated rings. The van der Waals surface area contributed by atoms with Gasteiger partial charge < -0.3 is 24.3 Å². The molecule has 1 aromatic heterocycles. The van der Waals surface area contributed by atoms with Crippen LogP contribution in [0.25, 0.3) is 5.76 Å². The number of ketones is 1. The molecule has 1 aliphatic rings. The molecule has 2 aromatic carbocycles. The summed E-state index contributed by atoms with van der Waals surface area (Å²) in [6, 6.07) is 15.3. The number of Topliss-reactive ketones (excluding diaryl/α,β-unsaturated/α-hetero) is 1. The summed E-state index contributed by atoms with van der Waals surface area (Å²) < 4.78 is 10.5. The van der Waals surface area contributed by atoms with Gasteiger partial charge in [0.2, 0.25) is 0 Å². The number of carbonyl (C=O) groups excluding carboxylic acids is 2. The van der Waals surface area contributed by atoms with Gasteiger partial charge in [0.1, 0.15) is 23.0 Å². The Hall–Kier alpha value is -4.00. The minimum atomic E-state index is -0.835. The summed E-state index contributed by atoms with van der Waals surface area (Å²) in [6.45, 7) is 0.0580. The predicted molar refractivity (Wildman–Crippen MR) is 108 cm³/mol. The molecule has 7 heteroatoms. The summed E-state index contributed by atoms with van der Waals surface area (Å²) in [5.41, 5.74) is 0.937. The molecule has 1 aliphatic heterocycles. The number of aromatic hydroxyl groups is 1. The number of furan rings is 1. The number of benzene rings is 2. The molecule has 1 saturated heterocycles. The Morgan fingerprint density at radius 3 is 2.37 bits per heavy atom. The van der Waals surface area contributed by atoms with E-state index in [-0.39, 0.29) is 23.6 Å². The third-order valence-corrected chi connectivity index (χ3v) is 5.02. The van der Waals surface area contributed by atoms with Crippen LogP contribution in [0.3, 0.4) is 0 Å². The maximum atomic E-state index is 12.9. The Bertz CT molecular complexity index is 1100. The number of hydrogen-bond acceptors (Lipinski definition) is 6. The topological polar surface area (TPSA) is 100 Å². The van der Waals surface area contributed by atoms with E-state index >= 15 is 0 Å². The third-order valence-electron chi connectivity index (χ3n) is 5.02. The zero-order valence-corrected chi connectivity index (χ0v) is 16.1. The summed E-state index contributed by atoms with van der Waals surface area (Å²) in [6.07, 6.45) is 1.48. The number of methoxy groups -OCH3 is 1. The number of ether oxygens (including phenoxy) is 1. The van der Waals surface area contributed by atoms with Gasteiger partial charge in [0.25, 0.3) is 11.7 Å². The molecule has 0 spiro atoms. The number of aliphatic hydroxyl groups is 1. The van der Waals surface area contributed by atoms with Gasteiger partial charge in [-0.05, 0) is 54.1 Å². The van der Waals surface area contributed by atoms with Gasteiger partial charge >= 0.3 is 0 Å². The van der Waals surface area contributed by atoms with E-state index in [9.17, 15) is 19.8 Å². The fourth-order valence-electron chi connectivity index (χ4n) is 3.52. The van der Waals surface area contributed by atoms with Gasteiger partial charge in [0, 0.05) is 5.56 Å². The van der Waals surface area contributed by atoms with E-state index in [1.807, 2.05) is 0 Å². The van der Waals surface area contributed by atoms with Gasteiger partial charge in [-0.15, -0.1) is 0 Å². The minimum absolute atomic E-state index is 0.0255. The van der Waals surface area contributed by atoms with Gasteiger partial charge in [0.05, 0.1) is 31.5 Å². The molecular formula is C23H19NO6. The van der Waals surface area contributed by atoms with Crippen molar-refractivity contribution in [2.45, 2.75) is 12.6 Å². The highest BCUT2D eigenvalue weighted by Gasteiger charge is 2.46. The highest BCUT2D eigenvalue weighted by molar-refractivity contribution is 6.46. The van der Waals surface area contributed by atoms with Crippen LogP contribution in [0.4, 0.5) is 0 Å². The summed E-state index contributed by atoms with van der Waals surface area (Å²) in [5, 5.41) is 20.6. The first-order chi connectivity index (χ1) is 14.5. The molecule has 0 saturated carbocycles. The molecule has 0 unspecified atom stereocenters. The summed E-state index contributed by atoms with van der Waals surface area (Å²) >= 11 is 0. The van der Waals surface area contributed by atoms with E-state index in [0.717, 1.165) is 0 Å². The average molecular weight is 405 g/mol. The van der Waals surface area contributed by atoms with Gasteiger partial charge in [-0.25, -0.2) is 0 Å². The fraction of sp³-hybridized carbons (Fsp3) is 0.130. The predicted octanol–water partition coefficient (Wildman–Crippen LogP) is 3.62. The Balaban J connectivity index is 1.84. The first-order valence-electron chi connectivity index (χ1n) is 9.23. The Kier molecular flexibility index (Phi) is 5.02. The summed E-state index contributed by atoms with van der Waals surface area (Å²) in [4.78, 5) is 27.1. The molecule has 0 radical (unpaired) electrons. The lowest BCUT2D eigenvalue weighted by molar-refractivity contribution is -0.140. The van der Waals surface area contributed by atoms with Crippen LogP contribution in [-0.4, -0.2) is 33.9 Å². The van der Waals surface area contributed by atoms with Crippen molar-refractivity contribution >= 4 is 17.4 Å². The first-order valence-corrected chi connectivity index (χ1v) is 9.23. The molecule has 7 nitrogen and oxygen atoms in total. The van der Waals surface area contributed by atoms with Crippen LogP contribution in [0.1, 0.15) is 22.9 Å². The highest BCUT2D eigenvalue weighted by Crippen LogP contribution is 2.40. The maximum Gasteiger partial charge on any atom is 0.296 e. The van der Waals surface area contributed by atoms with Crippen LogP contribution in [0.5, 0.6) is 11.5 Å². The summed E-state index contributed by atoms with van der Waals surface area (Å²) in [7, 11) is 1.53. The van der Waals surface area contributed by atoms with Crippen LogP contribution in [0, 0.1) is 0 Å². The summed E-state index contributed by atoms with van der Waals surface area (Å²) in [5.74, 6) is -0.648. The zero-order chi connectivity index (χ0) is 21.3. The Morgan fingerprint density at radius 2 is 1.77 bits per heavy atom. The Labute approximate surface area is 172 Å². The number of carbonyl (C=O) groups is 2. The quantitative estimate of drug-likeness (QED) is 0.382. The van der Waals surface area contributed by atoms with Crippen molar-refractivity contribution in [3.63, 3.8) is 0 Å². The van der Waals surface area contributed by atoms with Crippen LogP contribution in [-0.2, 0) is 16.1 Å². The van der Waals surface area contributed by atoms with Crippen molar-refractivity contribution in [2.75, 3.05) is 7.11 Å². The number of hydrogen-bond donors (Lipinski definition) is 2. The minimum Gasteiger partial charge on any atom is -0.508 e. The van der Waals surface area contributed by atoms with Crippen LogP contribution < -0.4 is 4.74 Å². The molecule has 152 valence electrons. The van der Waals surface area contributed by atoms with E-state index in [4.69, 9.17) is 9.15 Å². The number of amides is 1. The number of aliphatic hydroxyl groups excluding tert-OH is 1. The maximum absolute atomic E-state index is 12.9. The second kappa shape index (κ2) is 7.79. The molecule has 1 atom stereocenters. The van der Waals surface area contributed by atoms with Crippen LogP contribution >= 0.6 is 0 Å². The number of phenols is 1. The van der Waals surface area contributed by atoms with Gasteiger partial charge in [-0.3, -0.25) is 9.59 Å². The van der Waals surface area contributed by atoms with E-state index in [2.05, 4.69) is 0 Å². The highest BCUT2D eigenvalue weighted by atomic mass is 16.5. The number of rotatable bonds is 5. The number of nitrogens with zero attached hydrogens (tertiary/aromatic N) is 1. The van der Waals surface area contributed by atoms with Crippen molar-refractivity contribution in [1.29, 1.82) is 0 Å². The number of likely N-dealkylation sites (tertiary alicyclic amines) is 1. The molecular weight excluding hydrogens is 386 g/mol. The normalized spacial score (nSPS) is 18.0. The van der Waals surface area contributed by atoms with Crippen molar-refractivity contribution in [2.24, 2.45) is 0 Å². The molecule has 0 bridgehead atoms. The molecule has 1 amide bonds. The third kappa shape index (κ3) is 3.41. The lowest BCUT2D eigenvalue weighted by atomic mass is 9.95. The lowest BCUT2D eigenvalue weighted by Crippen LogP contribution is -2.29. The van der Waals surface area contributed by atoms with E-state index in [0.29, 0.717) is 22.6 Å². The first kappa shape index (κ1) is 19.3. The van der Waals surface area contributed by atoms with Crippen LogP contribution in [0.15, 0.2) is 76.9 Å². The molecule has 2 heterocycles. The molecule has 0 aliphatic carbocycles. The van der Waals surface area contributed by atoms with Crippen LogP contribution in [0.2, 0.25) is 0 Å². The average Bonchev–Trinajstić information content (AvgIpc) is 3.36. The number of phenolic OH excluding ortho intramolecular Hbond substituents is 1. The van der Waals surface area contributed by atoms with Gasteiger partial charge in [0.15, 0.2) is 0 Å². The largest absolute Gasteiger partial charge is 0.508 e. The second-order valence-electron chi connectivity index (χ2n) is 6.83. The van der Waals surface area contributed by atoms with Gasteiger partial charge in [-0.2, -0.15) is 0 Å². The standard InChI is InChI=1S/C23H19NO6/c1-29-17-10-6-15(7-11-17)21(26)19-20(14-4-8-16(25)9-5-14)24(23(28)22(19)27)13-18-3-2-12-30-18/h2-12,20,25-26H,13H2,1H3/t20-/m1/s1. The molecule has 30 heavy (non-hydrogen) atoms. The van der Waals surface area contributed by atoms with E-state index in [1.165, 1.54) is 30.4 Å². The van der Waals surface area contributed by atoms with E-state index < -0.39 is 17.7 Å². The molecule has 3 aromatic rings. The molecule has 2 N–H and O–H groups in total. The smallest absolute Gasteiger partial charge is 0.296 e. The Morgan fingerprint density at radius 1 is 1.07 bits per heavy atom. The fourth-order valence-corrected chi connectivity index (χ4v) is 3.52.